The zero-order valence-corrected chi connectivity index (χ0v) is 20.1. The number of amides is 1. The molecule has 4 aromatic carbocycles. The van der Waals surface area contributed by atoms with Gasteiger partial charge in [-0.2, -0.15) is 0 Å². The molecule has 0 saturated heterocycles. The summed E-state index contributed by atoms with van der Waals surface area (Å²) in [6.45, 7) is 0. The van der Waals surface area contributed by atoms with Gasteiger partial charge in [0.1, 0.15) is 17.2 Å². The molecule has 0 spiro atoms. The maximum absolute atomic E-state index is 12.8. The fraction of sp³-hybridized carbons (Fsp3) is 0.103. The number of rotatable bonds is 7. The van der Waals surface area contributed by atoms with Gasteiger partial charge >= 0.3 is 0 Å². The lowest BCUT2D eigenvalue weighted by atomic mass is 10.1. The average molecular weight is 481 g/mol. The van der Waals surface area contributed by atoms with E-state index in [-0.39, 0.29) is 5.91 Å². The van der Waals surface area contributed by atoms with Gasteiger partial charge in [-0.1, -0.05) is 24.3 Å². The van der Waals surface area contributed by atoms with Crippen molar-refractivity contribution in [1.29, 1.82) is 0 Å². The van der Waals surface area contributed by atoms with Crippen molar-refractivity contribution in [3.05, 3.63) is 90.6 Å². The number of hydrogen-bond donors (Lipinski definition) is 1. The lowest BCUT2D eigenvalue weighted by Crippen LogP contribution is -2.13. The standard InChI is InChI=1S/C29H24N2O5/c1-33-25-7-5-4-6-22(25)29(32)31-20-10-8-18-9-11-21(15-19(18)14-20)36-26-12-13-30-24-17-28(35-3)27(34-2)16-23(24)26/h4-17H,1-3H3,(H,31,32). The summed E-state index contributed by atoms with van der Waals surface area (Å²) in [7, 11) is 4.72. The Bertz CT molecular complexity index is 1580. The first-order valence-corrected chi connectivity index (χ1v) is 11.3. The molecule has 5 aromatic rings. The second kappa shape index (κ2) is 9.84. The van der Waals surface area contributed by atoms with Crippen LogP contribution in [-0.4, -0.2) is 32.2 Å². The second-order valence-electron chi connectivity index (χ2n) is 8.01. The number of ether oxygens (including phenoxy) is 4. The van der Waals surface area contributed by atoms with Crippen molar-refractivity contribution in [3.8, 4) is 28.7 Å². The molecule has 1 heterocycles. The first-order valence-electron chi connectivity index (χ1n) is 11.3. The number of pyridine rings is 1. The van der Waals surface area contributed by atoms with Crippen molar-refractivity contribution >= 4 is 33.3 Å². The largest absolute Gasteiger partial charge is 0.496 e. The Morgan fingerprint density at radius 1 is 0.722 bits per heavy atom. The molecule has 0 atom stereocenters. The van der Waals surface area contributed by atoms with Crippen LogP contribution in [0.2, 0.25) is 0 Å². The molecule has 1 N–H and O–H groups in total. The molecule has 1 aromatic heterocycles. The van der Waals surface area contributed by atoms with E-state index >= 15 is 0 Å². The highest BCUT2D eigenvalue weighted by atomic mass is 16.5. The van der Waals surface area contributed by atoms with E-state index in [4.69, 9.17) is 18.9 Å². The van der Waals surface area contributed by atoms with E-state index in [2.05, 4.69) is 10.3 Å². The summed E-state index contributed by atoms with van der Waals surface area (Å²) in [5.74, 6) is 2.76. The number of para-hydroxylation sites is 1. The molecule has 0 bridgehead atoms. The molecule has 7 heteroatoms. The van der Waals surface area contributed by atoms with E-state index in [1.807, 2.05) is 60.7 Å². The van der Waals surface area contributed by atoms with Gasteiger partial charge in [-0.25, -0.2) is 0 Å². The van der Waals surface area contributed by atoms with Gasteiger partial charge in [0.05, 0.1) is 32.4 Å². The van der Waals surface area contributed by atoms with E-state index < -0.39 is 0 Å². The number of nitrogens with one attached hydrogen (secondary N) is 1. The maximum atomic E-state index is 12.8. The fourth-order valence-corrected chi connectivity index (χ4v) is 4.06. The van der Waals surface area contributed by atoms with Crippen molar-refractivity contribution < 1.29 is 23.7 Å². The molecule has 7 nitrogen and oxygen atoms in total. The van der Waals surface area contributed by atoms with Crippen LogP contribution in [0, 0.1) is 0 Å². The second-order valence-corrected chi connectivity index (χ2v) is 8.01. The molecule has 1 amide bonds. The summed E-state index contributed by atoms with van der Waals surface area (Å²) in [6, 6.07) is 24.1. The van der Waals surface area contributed by atoms with Gasteiger partial charge in [0.25, 0.3) is 5.91 Å². The number of carbonyl (C=O) groups is 1. The highest BCUT2D eigenvalue weighted by Gasteiger charge is 2.13. The van der Waals surface area contributed by atoms with Crippen LogP contribution in [0.4, 0.5) is 5.69 Å². The van der Waals surface area contributed by atoms with Crippen LogP contribution in [0.15, 0.2) is 85.1 Å². The van der Waals surface area contributed by atoms with Crippen molar-refractivity contribution in [3.63, 3.8) is 0 Å². The first-order chi connectivity index (χ1) is 17.6. The number of carbonyl (C=O) groups excluding carboxylic acids is 1. The molecule has 0 aliphatic heterocycles. The van der Waals surface area contributed by atoms with Crippen LogP contribution in [-0.2, 0) is 0 Å². The Kier molecular flexibility index (Phi) is 6.28. The SMILES string of the molecule is COc1cc2nccc(Oc3ccc4ccc(NC(=O)c5ccccc5OC)cc4c3)c2cc1OC. The summed E-state index contributed by atoms with van der Waals surface area (Å²) in [5, 5.41) is 5.68. The van der Waals surface area contributed by atoms with Gasteiger partial charge in [0.15, 0.2) is 11.5 Å². The smallest absolute Gasteiger partial charge is 0.259 e. The van der Waals surface area contributed by atoms with Gasteiger partial charge < -0.3 is 24.3 Å². The quantitative estimate of drug-likeness (QED) is 0.288. The van der Waals surface area contributed by atoms with Gasteiger partial charge in [-0.05, 0) is 59.3 Å². The molecule has 0 fully saturated rings. The minimum absolute atomic E-state index is 0.244. The van der Waals surface area contributed by atoms with Crippen molar-refractivity contribution in [2.45, 2.75) is 0 Å². The molecular formula is C29H24N2O5. The molecule has 0 unspecified atom stereocenters. The molecule has 5 rings (SSSR count). The summed E-state index contributed by atoms with van der Waals surface area (Å²) in [5.41, 5.74) is 1.86. The number of nitrogens with zero attached hydrogens (tertiary/aromatic N) is 1. The Labute approximate surface area is 208 Å². The highest BCUT2D eigenvalue weighted by Crippen LogP contribution is 2.37. The molecule has 0 aliphatic rings. The average Bonchev–Trinajstić information content (AvgIpc) is 2.92. The normalized spacial score (nSPS) is 10.8. The van der Waals surface area contributed by atoms with Crippen LogP contribution >= 0.6 is 0 Å². The molecule has 0 saturated carbocycles. The van der Waals surface area contributed by atoms with Gasteiger partial charge in [0, 0.05) is 23.3 Å². The maximum Gasteiger partial charge on any atom is 0.259 e. The van der Waals surface area contributed by atoms with E-state index in [0.717, 1.165) is 21.7 Å². The molecule has 36 heavy (non-hydrogen) atoms. The van der Waals surface area contributed by atoms with Crippen molar-refractivity contribution in [2.75, 3.05) is 26.6 Å². The number of benzene rings is 4. The molecule has 180 valence electrons. The topological polar surface area (TPSA) is 78.9 Å². The minimum Gasteiger partial charge on any atom is -0.496 e. The zero-order valence-electron chi connectivity index (χ0n) is 20.1. The number of hydrogen-bond acceptors (Lipinski definition) is 6. The summed E-state index contributed by atoms with van der Waals surface area (Å²) >= 11 is 0. The number of aromatic nitrogens is 1. The number of fused-ring (bicyclic) bond motifs is 2. The number of anilines is 1. The minimum atomic E-state index is -0.244. The Morgan fingerprint density at radius 3 is 2.28 bits per heavy atom. The molecule has 0 radical (unpaired) electrons. The zero-order chi connectivity index (χ0) is 25.1. The monoisotopic (exact) mass is 480 g/mol. The summed E-state index contributed by atoms with van der Waals surface area (Å²) < 4.78 is 22.4. The third-order valence-corrected chi connectivity index (χ3v) is 5.86. The summed E-state index contributed by atoms with van der Waals surface area (Å²) in [4.78, 5) is 17.2. The third kappa shape index (κ3) is 4.46. The van der Waals surface area contributed by atoms with Gasteiger partial charge in [0.2, 0.25) is 0 Å². The predicted octanol–water partition coefficient (Wildman–Crippen LogP) is 6.46. The van der Waals surface area contributed by atoms with Crippen molar-refractivity contribution in [1.82, 2.24) is 4.98 Å². The van der Waals surface area contributed by atoms with E-state index in [1.54, 1.807) is 45.7 Å². The van der Waals surface area contributed by atoms with Crippen molar-refractivity contribution in [2.24, 2.45) is 0 Å². The van der Waals surface area contributed by atoms with Crippen LogP contribution in [0.5, 0.6) is 28.7 Å². The Hall–Kier alpha value is -4.78. The predicted molar refractivity (Wildman–Crippen MR) is 140 cm³/mol. The third-order valence-electron chi connectivity index (χ3n) is 5.86. The van der Waals surface area contributed by atoms with Gasteiger partial charge in [-0.3, -0.25) is 9.78 Å². The van der Waals surface area contributed by atoms with Gasteiger partial charge in [-0.15, -0.1) is 0 Å². The van der Waals surface area contributed by atoms with E-state index in [9.17, 15) is 4.79 Å². The lowest BCUT2D eigenvalue weighted by Gasteiger charge is -2.13. The van der Waals surface area contributed by atoms with E-state index in [1.165, 1.54) is 0 Å². The fourth-order valence-electron chi connectivity index (χ4n) is 4.06. The Balaban J connectivity index is 1.44. The molecule has 0 aliphatic carbocycles. The first kappa shape index (κ1) is 23.0. The highest BCUT2D eigenvalue weighted by molar-refractivity contribution is 6.07. The van der Waals surface area contributed by atoms with Crippen LogP contribution < -0.4 is 24.3 Å². The van der Waals surface area contributed by atoms with E-state index in [0.29, 0.717) is 40.0 Å². The number of methoxy groups -OCH3 is 3. The van der Waals surface area contributed by atoms with Crippen LogP contribution in [0.25, 0.3) is 21.7 Å². The summed E-state index contributed by atoms with van der Waals surface area (Å²) in [6.07, 6.45) is 1.69. The van der Waals surface area contributed by atoms with Crippen LogP contribution in [0.1, 0.15) is 10.4 Å². The lowest BCUT2D eigenvalue weighted by molar-refractivity contribution is 0.102. The Morgan fingerprint density at radius 2 is 1.47 bits per heavy atom. The van der Waals surface area contributed by atoms with Crippen LogP contribution in [0.3, 0.4) is 0 Å². The molecular weight excluding hydrogens is 456 g/mol.